The Bertz CT molecular complexity index is 2760. The summed E-state index contributed by atoms with van der Waals surface area (Å²) in [5.41, 5.74) is 11.2. The molecule has 1 aliphatic rings. The smallest absolute Gasteiger partial charge is 0.467 e. The quantitative estimate of drug-likeness (QED) is 0.0476. The van der Waals surface area contributed by atoms with Crippen molar-refractivity contribution in [3.8, 4) is 34.4 Å². The van der Waals surface area contributed by atoms with Gasteiger partial charge in [-0.1, -0.05) is 12.1 Å². The number of aromatic nitrogens is 4. The van der Waals surface area contributed by atoms with Crippen LogP contribution in [0.3, 0.4) is 0 Å². The predicted molar refractivity (Wildman–Crippen MR) is 257 cm³/mol. The molecule has 0 spiro atoms. The van der Waals surface area contributed by atoms with Crippen molar-refractivity contribution in [2.24, 2.45) is 11.5 Å². The minimum atomic E-state index is -0.733. The van der Waals surface area contributed by atoms with Crippen LogP contribution in [0.5, 0.6) is 23.0 Å². The Hall–Kier alpha value is -7.75. The number of amides is 2. The van der Waals surface area contributed by atoms with Crippen LogP contribution in [0.15, 0.2) is 109 Å². The molecule has 2 aromatic heterocycles. The van der Waals surface area contributed by atoms with Gasteiger partial charge in [0.05, 0.1) is 25.4 Å². The van der Waals surface area contributed by atoms with E-state index >= 15 is 0 Å². The van der Waals surface area contributed by atoms with Gasteiger partial charge in [0.1, 0.15) is 69.7 Å². The lowest BCUT2D eigenvalue weighted by Gasteiger charge is -2.32. The zero-order valence-corrected chi connectivity index (χ0v) is 40.0. The number of nitrogens with two attached hydrogens (primary N) is 2. The average molecular weight is 983 g/mol. The monoisotopic (exact) mass is 982 g/mol. The Balaban J connectivity index is 0.000000204. The Morgan fingerprint density at radius 3 is 1.37 bits per heavy atom. The summed E-state index contributed by atoms with van der Waals surface area (Å²) in [4.78, 5) is 61.4. The summed E-state index contributed by atoms with van der Waals surface area (Å²) in [6, 6.07) is 27.2. The van der Waals surface area contributed by atoms with Crippen molar-refractivity contribution in [2.75, 3.05) is 24.9 Å². The average Bonchev–Trinajstić information content (AvgIpc) is 3.55. The molecule has 22 heteroatoms. The summed E-state index contributed by atoms with van der Waals surface area (Å²) in [5, 5.41) is 5.43. The fraction of sp³-hybridized carbons (Fsp3) is 0.250. The van der Waals surface area contributed by atoms with E-state index in [9.17, 15) is 28.0 Å². The third kappa shape index (κ3) is 14.9. The largest absolute Gasteiger partial charge is 0.494 e. The molecule has 1 saturated heterocycles. The SMILES string of the molecule is CC1(C)OB(c2ccc(Oc3ccc(F)cc3)cc2)OC1(C)C.COC(=O)[C@H](C)Nc1cc(C(N)=O)nc(-c2ccc(Oc3ccc(F)cc3)cc2)n1.COC(=O)[C@H](C)Nc1cc(C(N)=O)nc(Cl)n1. The first-order chi connectivity index (χ1) is 33.1. The van der Waals surface area contributed by atoms with Gasteiger partial charge in [0.2, 0.25) is 5.28 Å². The molecule has 4 aromatic carbocycles. The fourth-order valence-electron chi connectivity index (χ4n) is 5.93. The predicted octanol–water partition coefficient (Wildman–Crippen LogP) is 7.27. The summed E-state index contributed by atoms with van der Waals surface area (Å²) in [6.07, 6.45) is 0. The second-order valence-corrected chi connectivity index (χ2v) is 16.5. The number of esters is 2. The second kappa shape index (κ2) is 23.5. The lowest BCUT2D eigenvalue weighted by atomic mass is 9.79. The molecule has 6 aromatic rings. The van der Waals surface area contributed by atoms with E-state index in [0.29, 0.717) is 28.6 Å². The van der Waals surface area contributed by atoms with Crippen LogP contribution < -0.4 is 37.0 Å². The van der Waals surface area contributed by atoms with Crippen molar-refractivity contribution in [3.63, 3.8) is 0 Å². The van der Waals surface area contributed by atoms with Crippen molar-refractivity contribution < 1.29 is 56.2 Å². The zero-order chi connectivity index (χ0) is 51.3. The minimum Gasteiger partial charge on any atom is -0.467 e. The van der Waals surface area contributed by atoms with Gasteiger partial charge in [-0.15, -0.1) is 0 Å². The number of rotatable bonds is 14. The number of ether oxygens (including phenoxy) is 4. The molecule has 2 atom stereocenters. The van der Waals surface area contributed by atoms with E-state index in [4.69, 9.17) is 41.9 Å². The highest BCUT2D eigenvalue weighted by atomic mass is 35.5. The molecule has 0 aliphatic carbocycles. The number of methoxy groups -OCH3 is 2. The summed E-state index contributed by atoms with van der Waals surface area (Å²) in [7, 11) is 2.15. The second-order valence-electron chi connectivity index (χ2n) is 16.2. The fourth-order valence-corrected chi connectivity index (χ4v) is 6.11. The summed E-state index contributed by atoms with van der Waals surface area (Å²) >= 11 is 5.60. The molecule has 70 heavy (non-hydrogen) atoms. The van der Waals surface area contributed by atoms with Gasteiger partial charge in [-0.3, -0.25) is 9.59 Å². The first-order valence-electron chi connectivity index (χ1n) is 21.2. The third-order valence-electron chi connectivity index (χ3n) is 10.4. The van der Waals surface area contributed by atoms with Crippen molar-refractivity contribution in [1.29, 1.82) is 0 Å². The highest BCUT2D eigenvalue weighted by Gasteiger charge is 2.51. The molecular formula is C48H50BClF2N8O10. The number of hydrogen-bond acceptors (Lipinski definition) is 16. The number of carbonyl (C=O) groups is 4. The van der Waals surface area contributed by atoms with Crippen LogP contribution in [0.1, 0.15) is 62.5 Å². The van der Waals surface area contributed by atoms with Gasteiger partial charge in [0.25, 0.3) is 11.8 Å². The number of carbonyl (C=O) groups excluding carboxylic acids is 4. The van der Waals surface area contributed by atoms with Crippen LogP contribution in [0.4, 0.5) is 20.4 Å². The maximum atomic E-state index is 13.0. The van der Waals surface area contributed by atoms with E-state index in [1.54, 1.807) is 50.2 Å². The summed E-state index contributed by atoms with van der Waals surface area (Å²) in [6.45, 7) is 11.3. The van der Waals surface area contributed by atoms with Gasteiger partial charge < -0.3 is 50.4 Å². The number of primary amides is 2. The molecule has 7 rings (SSSR count). The van der Waals surface area contributed by atoms with Crippen LogP contribution >= 0.6 is 11.6 Å². The van der Waals surface area contributed by atoms with Crippen LogP contribution in [-0.2, 0) is 28.4 Å². The van der Waals surface area contributed by atoms with E-state index < -0.39 is 35.8 Å². The molecule has 0 radical (unpaired) electrons. The van der Waals surface area contributed by atoms with Gasteiger partial charge in [-0.25, -0.2) is 38.3 Å². The molecule has 366 valence electrons. The van der Waals surface area contributed by atoms with Crippen LogP contribution in [0.2, 0.25) is 5.28 Å². The van der Waals surface area contributed by atoms with E-state index in [-0.39, 0.29) is 64.1 Å². The van der Waals surface area contributed by atoms with Gasteiger partial charge in [0.15, 0.2) is 5.82 Å². The molecule has 1 aliphatic heterocycles. The van der Waals surface area contributed by atoms with E-state index in [1.807, 2.05) is 52.0 Å². The normalized spacial score (nSPS) is 14.0. The first kappa shape index (κ1) is 53.2. The third-order valence-corrected chi connectivity index (χ3v) is 10.6. The van der Waals surface area contributed by atoms with Crippen molar-refractivity contribution in [2.45, 2.75) is 64.8 Å². The summed E-state index contributed by atoms with van der Waals surface area (Å²) < 4.78 is 58.5. The van der Waals surface area contributed by atoms with Gasteiger partial charge in [-0.2, -0.15) is 0 Å². The molecule has 2 amide bonds. The molecule has 3 heterocycles. The lowest BCUT2D eigenvalue weighted by molar-refractivity contribution is -0.141. The van der Waals surface area contributed by atoms with Crippen LogP contribution in [-0.4, -0.2) is 88.3 Å². The lowest BCUT2D eigenvalue weighted by Crippen LogP contribution is -2.41. The van der Waals surface area contributed by atoms with Crippen molar-refractivity contribution >= 4 is 59.6 Å². The number of benzene rings is 4. The first-order valence-corrected chi connectivity index (χ1v) is 21.6. The molecule has 0 unspecified atom stereocenters. The number of hydrogen-bond donors (Lipinski definition) is 4. The van der Waals surface area contributed by atoms with Gasteiger partial charge in [-0.05, 0) is 144 Å². The summed E-state index contributed by atoms with van der Waals surface area (Å²) in [5.74, 6) is -0.0804. The van der Waals surface area contributed by atoms with Crippen molar-refractivity contribution in [3.05, 3.63) is 138 Å². The van der Waals surface area contributed by atoms with Crippen LogP contribution in [0.25, 0.3) is 11.4 Å². The number of halogens is 3. The number of nitrogens with zero attached hydrogens (tertiary/aromatic N) is 4. The van der Waals surface area contributed by atoms with E-state index in [0.717, 1.165) is 5.46 Å². The maximum absolute atomic E-state index is 13.0. The Kier molecular flexibility index (Phi) is 17.9. The van der Waals surface area contributed by atoms with E-state index in [1.165, 1.54) is 62.8 Å². The van der Waals surface area contributed by atoms with Gasteiger partial charge >= 0.3 is 19.1 Å². The highest BCUT2D eigenvalue weighted by Crippen LogP contribution is 2.36. The molecular weight excluding hydrogens is 933 g/mol. The standard InChI is InChI=1S/C21H19FN4O4.C18H20BFO3.C9H11ClN4O3/c1-12(21(28)29-2)24-18-11-17(19(23)27)25-20(26-18)13-3-7-15(8-4-13)30-16-9-5-14(22)6-10-16;1-17(2)18(3,4)23-19(22-17)13-5-9-15(10-6-13)21-16-11-7-14(20)8-12-16;1-4(8(16)17-2)12-6-3-5(7(11)15)13-9(10)14-6/h3-12H,1-2H3,(H2,23,27)(H,24,25,26);5-12H,1-4H3;3-4H,1-2H3,(H2,11,15)(H,12,13,14)/t12-;;4-/m0.0/s1. The maximum Gasteiger partial charge on any atom is 0.494 e. The minimum absolute atomic E-state index is 0.00814. The van der Waals surface area contributed by atoms with Crippen molar-refractivity contribution in [1.82, 2.24) is 19.9 Å². The van der Waals surface area contributed by atoms with Crippen LogP contribution in [0, 0.1) is 11.6 Å². The molecule has 6 N–H and O–H groups in total. The molecule has 0 saturated carbocycles. The Morgan fingerprint density at radius 1 is 0.600 bits per heavy atom. The number of nitrogens with one attached hydrogen (secondary N) is 2. The zero-order valence-electron chi connectivity index (χ0n) is 39.3. The van der Waals surface area contributed by atoms with Gasteiger partial charge in [0, 0.05) is 17.7 Å². The molecule has 0 bridgehead atoms. The molecule has 1 fully saturated rings. The Labute approximate surface area is 407 Å². The highest BCUT2D eigenvalue weighted by molar-refractivity contribution is 6.62. The molecule has 18 nitrogen and oxygen atoms in total. The number of anilines is 2. The topological polar surface area (TPSA) is 251 Å². The van der Waals surface area contributed by atoms with E-state index in [2.05, 4.69) is 40.0 Å². The Morgan fingerprint density at radius 2 is 0.971 bits per heavy atom.